The zero-order valence-corrected chi connectivity index (χ0v) is 12.7. The fraction of sp³-hybridized carbons (Fsp3) is 0.278. The van der Waals surface area contributed by atoms with Crippen molar-refractivity contribution in [3.05, 3.63) is 65.5 Å². The summed E-state index contributed by atoms with van der Waals surface area (Å²) in [7, 11) is 0. The van der Waals surface area contributed by atoms with Crippen LogP contribution in [0.1, 0.15) is 11.1 Å². The zero-order chi connectivity index (χ0) is 16.2. The number of ether oxygens (including phenoxy) is 1. The van der Waals surface area contributed by atoms with E-state index in [-0.39, 0.29) is 17.8 Å². The molecule has 0 bridgehead atoms. The Balaban J connectivity index is 1.63. The molecule has 4 nitrogen and oxygen atoms in total. The lowest BCUT2D eigenvalue weighted by Crippen LogP contribution is -2.49. The molecule has 2 N–H and O–H groups in total. The number of rotatable bonds is 5. The highest BCUT2D eigenvalue weighted by Crippen LogP contribution is 2.23. The van der Waals surface area contributed by atoms with Crippen LogP contribution in [0, 0.1) is 5.82 Å². The van der Waals surface area contributed by atoms with Crippen LogP contribution in [0.15, 0.2) is 48.5 Å². The third kappa shape index (κ3) is 3.68. The summed E-state index contributed by atoms with van der Waals surface area (Å²) in [5.74, 6) is -0.000463. The zero-order valence-electron chi connectivity index (χ0n) is 12.7. The normalized spacial score (nSPS) is 17.5. The van der Waals surface area contributed by atoms with Gasteiger partial charge in [0.05, 0.1) is 6.04 Å². The number of carbonyl (C=O) groups excluding carboxylic acids is 1. The molecule has 0 saturated heterocycles. The smallest absolute Gasteiger partial charge is 0.235 e. The first-order valence-corrected chi connectivity index (χ1v) is 7.62. The minimum Gasteiger partial charge on any atom is -0.492 e. The SMILES string of the molecule is NC(=O)C1Cc2ccccc2CN1CCOc1ccc(F)cc1. The maximum absolute atomic E-state index is 12.9. The van der Waals surface area contributed by atoms with Gasteiger partial charge in [0.2, 0.25) is 5.91 Å². The lowest BCUT2D eigenvalue weighted by Gasteiger charge is -2.34. The fourth-order valence-electron chi connectivity index (χ4n) is 2.90. The molecule has 1 unspecified atom stereocenters. The van der Waals surface area contributed by atoms with E-state index < -0.39 is 0 Å². The van der Waals surface area contributed by atoms with Gasteiger partial charge in [-0.1, -0.05) is 24.3 Å². The van der Waals surface area contributed by atoms with Gasteiger partial charge in [-0.05, 0) is 41.8 Å². The van der Waals surface area contributed by atoms with Crippen LogP contribution in [0.3, 0.4) is 0 Å². The highest BCUT2D eigenvalue weighted by Gasteiger charge is 2.29. The highest BCUT2D eigenvalue weighted by molar-refractivity contribution is 5.80. The van der Waals surface area contributed by atoms with Crippen LogP contribution in [0.5, 0.6) is 5.75 Å². The Hall–Kier alpha value is -2.40. The number of hydrogen-bond donors (Lipinski definition) is 1. The summed E-state index contributed by atoms with van der Waals surface area (Å²) >= 11 is 0. The standard InChI is InChI=1S/C18H19FN2O2/c19-15-5-7-16(8-6-15)23-10-9-21-12-14-4-2-1-3-13(14)11-17(21)18(20)22/h1-8,17H,9-12H2,(H2,20,22). The van der Waals surface area contributed by atoms with Crippen LogP contribution in [0.2, 0.25) is 0 Å². The quantitative estimate of drug-likeness (QED) is 0.920. The van der Waals surface area contributed by atoms with Gasteiger partial charge in [0, 0.05) is 13.1 Å². The summed E-state index contributed by atoms with van der Waals surface area (Å²) in [6.07, 6.45) is 0.627. The number of nitrogens with two attached hydrogens (primary N) is 1. The van der Waals surface area contributed by atoms with Crippen LogP contribution < -0.4 is 10.5 Å². The maximum Gasteiger partial charge on any atom is 0.235 e. The molecule has 0 aromatic heterocycles. The molecule has 1 aliphatic heterocycles. The summed E-state index contributed by atoms with van der Waals surface area (Å²) < 4.78 is 18.5. The molecule has 0 saturated carbocycles. The summed E-state index contributed by atoms with van der Waals surface area (Å²) in [6, 6.07) is 13.7. The molecule has 1 atom stereocenters. The first-order chi connectivity index (χ1) is 11.1. The van der Waals surface area contributed by atoms with Gasteiger partial charge in [0.1, 0.15) is 18.2 Å². The van der Waals surface area contributed by atoms with Crippen molar-refractivity contribution in [1.29, 1.82) is 0 Å². The van der Waals surface area contributed by atoms with Gasteiger partial charge >= 0.3 is 0 Å². The minimum atomic E-state index is -0.318. The van der Waals surface area contributed by atoms with Gasteiger partial charge in [0.25, 0.3) is 0 Å². The topological polar surface area (TPSA) is 55.6 Å². The molecule has 0 radical (unpaired) electrons. The van der Waals surface area contributed by atoms with E-state index in [0.717, 1.165) is 0 Å². The van der Waals surface area contributed by atoms with Gasteiger partial charge in [-0.3, -0.25) is 9.69 Å². The van der Waals surface area contributed by atoms with Crippen molar-refractivity contribution in [1.82, 2.24) is 4.90 Å². The molecule has 5 heteroatoms. The van der Waals surface area contributed by atoms with Gasteiger partial charge < -0.3 is 10.5 Å². The van der Waals surface area contributed by atoms with E-state index in [9.17, 15) is 9.18 Å². The maximum atomic E-state index is 12.9. The van der Waals surface area contributed by atoms with Crippen molar-refractivity contribution < 1.29 is 13.9 Å². The number of halogens is 1. The third-order valence-electron chi connectivity index (χ3n) is 4.14. The van der Waals surface area contributed by atoms with E-state index in [1.807, 2.05) is 23.1 Å². The minimum absolute atomic E-state index is 0.293. The summed E-state index contributed by atoms with van der Waals surface area (Å²) in [5.41, 5.74) is 7.94. The van der Waals surface area contributed by atoms with E-state index in [1.165, 1.54) is 23.3 Å². The van der Waals surface area contributed by atoms with E-state index >= 15 is 0 Å². The fourth-order valence-corrected chi connectivity index (χ4v) is 2.90. The molecule has 1 heterocycles. The molecule has 0 fully saturated rings. The van der Waals surface area contributed by atoms with Crippen LogP contribution in [0.4, 0.5) is 4.39 Å². The summed E-state index contributed by atoms with van der Waals surface area (Å²) in [5, 5.41) is 0. The molecule has 23 heavy (non-hydrogen) atoms. The number of nitrogens with zero attached hydrogens (tertiary/aromatic N) is 1. The van der Waals surface area contributed by atoms with Crippen LogP contribution in [0.25, 0.3) is 0 Å². The molecular weight excluding hydrogens is 295 g/mol. The molecule has 2 aromatic carbocycles. The Labute approximate surface area is 134 Å². The third-order valence-corrected chi connectivity index (χ3v) is 4.14. The number of fused-ring (bicyclic) bond motifs is 1. The molecule has 0 aliphatic carbocycles. The number of primary amides is 1. The molecule has 0 spiro atoms. The summed E-state index contributed by atoms with van der Waals surface area (Å²) in [6.45, 7) is 1.67. The van der Waals surface area contributed by atoms with Crippen molar-refractivity contribution in [2.45, 2.75) is 19.0 Å². The molecule has 120 valence electrons. The first kappa shape index (κ1) is 15.5. The van der Waals surface area contributed by atoms with E-state index in [1.54, 1.807) is 12.1 Å². The van der Waals surface area contributed by atoms with E-state index in [4.69, 9.17) is 10.5 Å². The Morgan fingerprint density at radius 1 is 1.17 bits per heavy atom. The van der Waals surface area contributed by atoms with Gasteiger partial charge in [-0.2, -0.15) is 0 Å². The lowest BCUT2D eigenvalue weighted by molar-refractivity contribution is -0.123. The van der Waals surface area contributed by atoms with Crippen LogP contribution in [-0.4, -0.2) is 30.0 Å². The second kappa shape index (κ2) is 6.79. The van der Waals surface area contributed by atoms with Crippen molar-refractivity contribution >= 4 is 5.91 Å². The monoisotopic (exact) mass is 314 g/mol. The first-order valence-electron chi connectivity index (χ1n) is 7.62. The average molecular weight is 314 g/mol. The summed E-state index contributed by atoms with van der Waals surface area (Å²) in [4.78, 5) is 13.8. The Bertz CT molecular complexity index is 688. The largest absolute Gasteiger partial charge is 0.492 e. The predicted molar refractivity (Wildman–Crippen MR) is 85.4 cm³/mol. The lowest BCUT2D eigenvalue weighted by atomic mass is 9.93. The molecule has 2 aromatic rings. The number of hydrogen-bond acceptors (Lipinski definition) is 3. The molecular formula is C18H19FN2O2. The van der Waals surface area contributed by atoms with E-state index in [0.29, 0.717) is 31.9 Å². The van der Waals surface area contributed by atoms with E-state index in [2.05, 4.69) is 6.07 Å². The molecule has 3 rings (SSSR count). The van der Waals surface area contributed by atoms with Crippen LogP contribution >= 0.6 is 0 Å². The Morgan fingerprint density at radius 2 is 1.87 bits per heavy atom. The molecule has 1 amide bonds. The second-order valence-electron chi connectivity index (χ2n) is 5.66. The van der Waals surface area contributed by atoms with Crippen molar-refractivity contribution in [3.63, 3.8) is 0 Å². The van der Waals surface area contributed by atoms with Crippen molar-refractivity contribution in [2.24, 2.45) is 5.73 Å². The number of amides is 1. The number of carbonyl (C=O) groups is 1. The average Bonchev–Trinajstić information content (AvgIpc) is 2.56. The Kier molecular flexibility index (Phi) is 4.57. The number of benzene rings is 2. The van der Waals surface area contributed by atoms with Gasteiger partial charge in [-0.15, -0.1) is 0 Å². The molecule has 1 aliphatic rings. The van der Waals surface area contributed by atoms with Crippen LogP contribution in [-0.2, 0) is 17.8 Å². The van der Waals surface area contributed by atoms with Gasteiger partial charge in [-0.25, -0.2) is 4.39 Å². The van der Waals surface area contributed by atoms with Crippen molar-refractivity contribution in [3.8, 4) is 5.75 Å². The predicted octanol–water partition coefficient (Wildman–Crippen LogP) is 2.12. The highest BCUT2D eigenvalue weighted by atomic mass is 19.1. The second-order valence-corrected chi connectivity index (χ2v) is 5.66. The van der Waals surface area contributed by atoms with Crippen molar-refractivity contribution in [2.75, 3.05) is 13.2 Å². The Morgan fingerprint density at radius 3 is 2.57 bits per heavy atom. The van der Waals surface area contributed by atoms with Gasteiger partial charge in [0.15, 0.2) is 0 Å².